The molecule has 0 saturated carbocycles. The number of nitrogens with zero attached hydrogens (tertiary/aromatic N) is 3. The van der Waals surface area contributed by atoms with E-state index >= 15 is 0 Å². The van der Waals surface area contributed by atoms with Crippen LogP contribution in [-0.2, 0) is 9.53 Å². The number of ether oxygens (including phenoxy) is 1. The summed E-state index contributed by atoms with van der Waals surface area (Å²) in [7, 11) is 0. The number of aryl methyl sites for hydroxylation is 1. The Morgan fingerprint density at radius 2 is 1.86 bits per heavy atom. The molecule has 2 aromatic carbocycles. The molecule has 28 heavy (non-hydrogen) atoms. The standard InChI is InChI=1S/C21H21N3O3S/c1-15-6-5-9-17(14-15)19-22-23-21(27-19)28-18(16-7-3-2-4-8-16)20(25)24-10-12-26-13-11-24/h2-9,14,18H,10-13H2,1H3. The predicted molar refractivity (Wildman–Crippen MR) is 107 cm³/mol. The van der Waals surface area contributed by atoms with Crippen molar-refractivity contribution in [1.29, 1.82) is 0 Å². The second-order valence-corrected chi connectivity index (χ2v) is 7.65. The highest BCUT2D eigenvalue weighted by Gasteiger charge is 2.30. The molecular formula is C21H21N3O3S. The Hall–Kier alpha value is -2.64. The number of morpholine rings is 1. The third-order valence-electron chi connectivity index (χ3n) is 4.54. The summed E-state index contributed by atoms with van der Waals surface area (Å²) in [6, 6.07) is 17.6. The summed E-state index contributed by atoms with van der Waals surface area (Å²) in [5.74, 6) is 0.492. The first kappa shape index (κ1) is 18.7. The van der Waals surface area contributed by atoms with Crippen molar-refractivity contribution in [2.75, 3.05) is 26.3 Å². The lowest BCUT2D eigenvalue weighted by molar-refractivity contribution is -0.134. The van der Waals surface area contributed by atoms with E-state index in [1.807, 2.05) is 66.4 Å². The number of aromatic nitrogens is 2. The molecule has 4 rings (SSSR count). The molecule has 0 aliphatic carbocycles. The van der Waals surface area contributed by atoms with Crippen molar-refractivity contribution in [2.24, 2.45) is 0 Å². The Morgan fingerprint density at radius 1 is 1.07 bits per heavy atom. The molecule has 7 heteroatoms. The van der Waals surface area contributed by atoms with Crippen molar-refractivity contribution in [1.82, 2.24) is 15.1 Å². The van der Waals surface area contributed by atoms with Crippen molar-refractivity contribution in [3.8, 4) is 11.5 Å². The SMILES string of the molecule is Cc1cccc(-c2nnc(SC(C(=O)N3CCOCC3)c3ccccc3)o2)c1. The zero-order valence-corrected chi connectivity index (χ0v) is 16.4. The Morgan fingerprint density at radius 3 is 2.61 bits per heavy atom. The van der Waals surface area contributed by atoms with Crippen LogP contribution in [0.1, 0.15) is 16.4 Å². The Kier molecular flexibility index (Phi) is 5.73. The first-order chi connectivity index (χ1) is 13.7. The van der Waals surface area contributed by atoms with Crippen LogP contribution in [0, 0.1) is 6.92 Å². The van der Waals surface area contributed by atoms with Gasteiger partial charge in [0.25, 0.3) is 5.22 Å². The van der Waals surface area contributed by atoms with Crippen molar-refractivity contribution in [2.45, 2.75) is 17.4 Å². The van der Waals surface area contributed by atoms with Crippen molar-refractivity contribution < 1.29 is 13.9 Å². The van der Waals surface area contributed by atoms with Gasteiger partial charge in [0.1, 0.15) is 5.25 Å². The van der Waals surface area contributed by atoms with Gasteiger partial charge in [-0.05, 0) is 36.4 Å². The number of rotatable bonds is 5. The maximum Gasteiger partial charge on any atom is 0.277 e. The van der Waals surface area contributed by atoms with Crippen LogP contribution in [0.4, 0.5) is 0 Å². The molecule has 1 aromatic heterocycles. The van der Waals surface area contributed by atoms with Gasteiger partial charge in [0.2, 0.25) is 11.8 Å². The van der Waals surface area contributed by atoms with Crippen LogP contribution in [-0.4, -0.2) is 47.3 Å². The van der Waals surface area contributed by atoms with Crippen molar-refractivity contribution in [3.63, 3.8) is 0 Å². The number of carbonyl (C=O) groups excluding carboxylic acids is 1. The summed E-state index contributed by atoms with van der Waals surface area (Å²) >= 11 is 1.29. The lowest BCUT2D eigenvalue weighted by Crippen LogP contribution is -2.42. The van der Waals surface area contributed by atoms with Gasteiger partial charge in [0, 0.05) is 18.7 Å². The highest BCUT2D eigenvalue weighted by atomic mass is 32.2. The molecule has 0 radical (unpaired) electrons. The number of benzene rings is 2. The van der Waals surface area contributed by atoms with Crippen LogP contribution in [0.25, 0.3) is 11.5 Å². The second kappa shape index (κ2) is 8.58. The van der Waals surface area contributed by atoms with Gasteiger partial charge in [-0.15, -0.1) is 10.2 Å². The van der Waals surface area contributed by atoms with Crippen molar-refractivity contribution in [3.05, 3.63) is 65.7 Å². The van der Waals surface area contributed by atoms with Crippen LogP contribution in [0.2, 0.25) is 0 Å². The van der Waals surface area contributed by atoms with E-state index < -0.39 is 5.25 Å². The number of amides is 1. The van der Waals surface area contributed by atoms with E-state index in [1.54, 1.807) is 0 Å². The largest absolute Gasteiger partial charge is 0.411 e. The monoisotopic (exact) mass is 395 g/mol. The van der Waals surface area contributed by atoms with Gasteiger partial charge in [-0.25, -0.2) is 0 Å². The smallest absolute Gasteiger partial charge is 0.277 e. The fourth-order valence-corrected chi connectivity index (χ4v) is 4.05. The molecular weight excluding hydrogens is 374 g/mol. The van der Waals surface area contributed by atoms with E-state index in [0.29, 0.717) is 37.4 Å². The molecule has 1 aliphatic heterocycles. The van der Waals surface area contributed by atoms with Crippen LogP contribution in [0.5, 0.6) is 0 Å². The summed E-state index contributed by atoms with van der Waals surface area (Å²) in [4.78, 5) is 15.0. The normalized spacial score (nSPS) is 15.4. The van der Waals surface area contributed by atoms with Gasteiger partial charge in [-0.2, -0.15) is 0 Å². The van der Waals surface area contributed by atoms with E-state index in [9.17, 15) is 4.79 Å². The van der Waals surface area contributed by atoms with E-state index in [2.05, 4.69) is 10.2 Å². The maximum atomic E-state index is 13.2. The van der Waals surface area contributed by atoms with E-state index in [0.717, 1.165) is 16.7 Å². The Balaban J connectivity index is 1.58. The minimum atomic E-state index is -0.440. The molecule has 1 amide bonds. The molecule has 1 saturated heterocycles. The highest BCUT2D eigenvalue weighted by molar-refractivity contribution is 8.00. The lowest BCUT2D eigenvalue weighted by atomic mass is 10.1. The third-order valence-corrected chi connectivity index (χ3v) is 5.62. The number of thioether (sulfide) groups is 1. The minimum Gasteiger partial charge on any atom is -0.411 e. The zero-order chi connectivity index (χ0) is 19.3. The fourth-order valence-electron chi connectivity index (χ4n) is 3.09. The van der Waals surface area contributed by atoms with Gasteiger partial charge >= 0.3 is 0 Å². The molecule has 2 heterocycles. The quantitative estimate of drug-likeness (QED) is 0.613. The van der Waals surface area contributed by atoms with Gasteiger partial charge in [-0.3, -0.25) is 4.79 Å². The molecule has 1 atom stereocenters. The van der Waals surface area contributed by atoms with E-state index in [4.69, 9.17) is 9.15 Å². The number of carbonyl (C=O) groups is 1. The van der Waals surface area contributed by atoms with E-state index in [-0.39, 0.29) is 5.91 Å². The van der Waals surface area contributed by atoms with Gasteiger partial charge in [0.05, 0.1) is 13.2 Å². The molecule has 3 aromatic rings. The first-order valence-electron chi connectivity index (χ1n) is 9.19. The predicted octanol–water partition coefficient (Wildman–Crippen LogP) is 3.74. The lowest BCUT2D eigenvalue weighted by Gasteiger charge is -2.29. The third kappa shape index (κ3) is 4.26. The van der Waals surface area contributed by atoms with Crippen LogP contribution >= 0.6 is 11.8 Å². The molecule has 0 spiro atoms. The molecule has 6 nitrogen and oxygen atoms in total. The minimum absolute atomic E-state index is 0.0369. The highest BCUT2D eigenvalue weighted by Crippen LogP contribution is 2.37. The molecule has 1 fully saturated rings. The van der Waals surface area contributed by atoms with Crippen LogP contribution in [0.15, 0.2) is 64.2 Å². The number of hydrogen-bond acceptors (Lipinski definition) is 6. The van der Waals surface area contributed by atoms with E-state index in [1.165, 1.54) is 11.8 Å². The summed E-state index contributed by atoms with van der Waals surface area (Å²) in [6.45, 7) is 4.34. The van der Waals surface area contributed by atoms with Gasteiger partial charge < -0.3 is 14.1 Å². The summed E-state index contributed by atoms with van der Waals surface area (Å²) in [6.07, 6.45) is 0. The topological polar surface area (TPSA) is 68.5 Å². The average molecular weight is 395 g/mol. The molecule has 1 unspecified atom stereocenters. The second-order valence-electron chi connectivity index (χ2n) is 6.59. The van der Waals surface area contributed by atoms with Crippen LogP contribution < -0.4 is 0 Å². The Bertz CT molecular complexity index is 939. The van der Waals surface area contributed by atoms with Crippen molar-refractivity contribution >= 4 is 17.7 Å². The first-order valence-corrected chi connectivity index (χ1v) is 10.1. The maximum absolute atomic E-state index is 13.2. The van der Waals surface area contributed by atoms with Gasteiger partial charge in [0.15, 0.2) is 0 Å². The number of hydrogen-bond donors (Lipinski definition) is 0. The fraction of sp³-hybridized carbons (Fsp3) is 0.286. The summed E-state index contributed by atoms with van der Waals surface area (Å²) in [5, 5.41) is 8.27. The summed E-state index contributed by atoms with van der Waals surface area (Å²) in [5.41, 5.74) is 2.91. The molecule has 144 valence electrons. The Labute approximate surface area is 167 Å². The summed E-state index contributed by atoms with van der Waals surface area (Å²) < 4.78 is 11.2. The average Bonchev–Trinajstić information content (AvgIpc) is 3.22. The molecule has 1 aliphatic rings. The molecule has 0 bridgehead atoms. The zero-order valence-electron chi connectivity index (χ0n) is 15.6. The van der Waals surface area contributed by atoms with Crippen LogP contribution in [0.3, 0.4) is 0 Å². The van der Waals surface area contributed by atoms with Gasteiger partial charge in [-0.1, -0.05) is 48.0 Å². The molecule has 0 N–H and O–H groups in total.